The number of carboxylic acid groups (broad SMARTS) is 2. The summed E-state index contributed by atoms with van der Waals surface area (Å²) in [7, 11) is 0. The van der Waals surface area contributed by atoms with Crippen LogP contribution in [-0.4, -0.2) is 69.2 Å². The van der Waals surface area contributed by atoms with E-state index in [1.165, 1.54) is 0 Å². The summed E-state index contributed by atoms with van der Waals surface area (Å²) in [6.07, 6.45) is -0.722. The second kappa shape index (κ2) is 11.1. The van der Waals surface area contributed by atoms with E-state index < -0.39 is 65.4 Å². The van der Waals surface area contributed by atoms with Crippen LogP contribution in [0, 0.1) is 0 Å². The summed E-state index contributed by atoms with van der Waals surface area (Å²) in [5.74, 6) is -5.58. The minimum Gasteiger partial charge on any atom is -0.480 e. The first kappa shape index (κ1) is 24.3. The molecule has 0 aromatic heterocycles. The van der Waals surface area contributed by atoms with Crippen molar-refractivity contribution < 1.29 is 42.6 Å². The zero-order chi connectivity index (χ0) is 20.5. The molecule has 0 heterocycles. The number of carboxylic acids is 2. The van der Waals surface area contributed by atoms with E-state index in [1.807, 2.05) is 10.6 Å². The molecule has 6 N–H and O–H groups in total. The van der Waals surface area contributed by atoms with E-state index in [0.29, 0.717) is 0 Å². The molecule has 150 valence electrons. The predicted octanol–water partition coefficient (Wildman–Crippen LogP) is -0.275. The number of rotatable bonds is 12. The van der Waals surface area contributed by atoms with Gasteiger partial charge in [-0.15, -0.1) is 0 Å². The summed E-state index contributed by atoms with van der Waals surface area (Å²) >= 11 is 4.33. The molecule has 0 aromatic rings. The molecule has 9 nitrogen and oxygen atoms in total. The predicted molar refractivity (Wildman–Crippen MR) is 85.6 cm³/mol. The van der Waals surface area contributed by atoms with E-state index >= 15 is 0 Å². The van der Waals surface area contributed by atoms with Crippen molar-refractivity contribution in [1.82, 2.24) is 10.6 Å². The summed E-state index contributed by atoms with van der Waals surface area (Å²) in [5, 5.41) is 17.0. The Hall–Kier alpha value is -1.73. The lowest BCUT2D eigenvalue weighted by Gasteiger charge is -2.21. The number of halogens is 4. The Morgan fingerprint density at radius 3 is 2.27 bits per heavy atom. The van der Waals surface area contributed by atoms with E-state index in [4.69, 9.17) is 15.9 Å². The van der Waals surface area contributed by atoms with Gasteiger partial charge in [0.1, 0.15) is 18.6 Å². The first-order chi connectivity index (χ1) is 11.9. The highest BCUT2D eigenvalue weighted by molar-refractivity contribution is 8.00. The van der Waals surface area contributed by atoms with Crippen molar-refractivity contribution in [3.05, 3.63) is 0 Å². The van der Waals surface area contributed by atoms with Crippen molar-refractivity contribution in [3.63, 3.8) is 0 Å². The highest BCUT2D eigenvalue weighted by Gasteiger charge is 2.41. The molecule has 0 spiro atoms. The van der Waals surface area contributed by atoms with E-state index in [2.05, 4.69) is 11.6 Å². The zero-order valence-corrected chi connectivity index (χ0v) is 14.7. The van der Waals surface area contributed by atoms with Crippen LogP contribution in [0.4, 0.5) is 13.2 Å². The lowest BCUT2D eigenvalue weighted by atomic mass is 10.1. The fourth-order valence-electron chi connectivity index (χ4n) is 1.40. The minimum atomic E-state index is -4.05. The van der Waals surface area contributed by atoms with Gasteiger partial charge < -0.3 is 26.6 Å². The molecule has 0 rings (SSSR count). The fraction of sp³-hybridized carbons (Fsp3) is 0.667. The van der Waals surface area contributed by atoms with Gasteiger partial charge in [-0.1, -0.05) is 23.4 Å². The van der Waals surface area contributed by atoms with Crippen LogP contribution in [0.25, 0.3) is 0 Å². The van der Waals surface area contributed by atoms with E-state index in [1.54, 1.807) is 0 Å². The zero-order valence-electron chi connectivity index (χ0n) is 13.1. The van der Waals surface area contributed by atoms with Gasteiger partial charge in [0, 0.05) is 12.2 Å². The number of hydrogen-bond acceptors (Lipinski definition) is 6. The van der Waals surface area contributed by atoms with Gasteiger partial charge >= 0.3 is 17.2 Å². The van der Waals surface area contributed by atoms with Gasteiger partial charge in [-0.3, -0.25) is 19.2 Å². The largest absolute Gasteiger partial charge is 0.480 e. The van der Waals surface area contributed by atoms with Crippen molar-refractivity contribution in [1.29, 1.82) is 0 Å². The Bertz CT molecular complexity index is 540. The maximum Gasteiger partial charge on any atom is 0.338 e. The maximum atomic E-state index is 13.2. The quantitative estimate of drug-likeness (QED) is 0.268. The van der Waals surface area contributed by atoms with Gasteiger partial charge in [0.05, 0.1) is 0 Å². The highest BCUT2D eigenvalue weighted by atomic mass is 35.5. The molecule has 0 bridgehead atoms. The van der Waals surface area contributed by atoms with Crippen LogP contribution in [0.1, 0.15) is 12.8 Å². The number of alkyl halides is 4. The van der Waals surface area contributed by atoms with Crippen molar-refractivity contribution >= 4 is 47.1 Å². The Morgan fingerprint density at radius 1 is 1.23 bits per heavy atom. The Balaban J connectivity index is 4.85. The molecule has 0 aliphatic heterocycles. The van der Waals surface area contributed by atoms with Crippen molar-refractivity contribution in [2.24, 2.45) is 5.73 Å². The molecule has 2 amide bonds. The monoisotopic (exact) mass is 423 g/mol. The van der Waals surface area contributed by atoms with E-state index in [9.17, 15) is 32.3 Å². The molecule has 0 saturated carbocycles. The third-order valence-electron chi connectivity index (χ3n) is 2.76. The minimum absolute atomic E-state index is 0.290. The maximum absolute atomic E-state index is 13.2. The van der Waals surface area contributed by atoms with Gasteiger partial charge in [-0.2, -0.15) is 8.78 Å². The number of carbonyl (C=O) groups excluding carboxylic acids is 2. The van der Waals surface area contributed by atoms with E-state index in [-0.39, 0.29) is 18.2 Å². The van der Waals surface area contributed by atoms with Crippen LogP contribution in [0.3, 0.4) is 0 Å². The van der Waals surface area contributed by atoms with Crippen LogP contribution in [0.2, 0.25) is 0 Å². The number of thioether (sulfide) groups is 1. The average molecular weight is 424 g/mol. The van der Waals surface area contributed by atoms with Crippen LogP contribution < -0.4 is 16.4 Å². The first-order valence-corrected chi connectivity index (χ1v) is 8.36. The molecule has 1 unspecified atom stereocenters. The number of nitrogens with one attached hydrogen (secondary N) is 2. The standard InChI is InChI=1S/C12H17ClF3N3O6S/c13-11(14)12(15,16)26-4-6(9(23)18-3-8(21)22)19-7(20)2-1-5(17)10(24)25/h5-6,11H,1-4,17H2,(H,18,23)(H,19,20)(H,21,22)(H,24,25)/t5-,6-,11?/m0/s1. The molecule has 0 aromatic carbocycles. The van der Waals surface area contributed by atoms with Gasteiger partial charge in [-0.05, 0) is 6.42 Å². The first-order valence-electron chi connectivity index (χ1n) is 6.94. The summed E-state index contributed by atoms with van der Waals surface area (Å²) < 4.78 is 39.0. The third-order valence-corrected chi connectivity index (χ3v) is 4.26. The number of amides is 2. The molecule has 0 radical (unpaired) electrons. The van der Waals surface area contributed by atoms with Crippen LogP contribution in [0.15, 0.2) is 0 Å². The van der Waals surface area contributed by atoms with Crippen LogP contribution >= 0.6 is 23.4 Å². The van der Waals surface area contributed by atoms with Crippen molar-refractivity contribution in [2.75, 3.05) is 12.3 Å². The second-order valence-electron chi connectivity index (χ2n) is 4.89. The summed E-state index contributed by atoms with van der Waals surface area (Å²) in [6.45, 7) is -0.836. The topological polar surface area (TPSA) is 159 Å². The van der Waals surface area contributed by atoms with Gasteiger partial charge in [0.2, 0.25) is 17.4 Å². The van der Waals surface area contributed by atoms with Gasteiger partial charge in [0.15, 0.2) is 0 Å². The third kappa shape index (κ3) is 9.68. The van der Waals surface area contributed by atoms with E-state index in [0.717, 1.165) is 0 Å². The lowest BCUT2D eigenvalue weighted by molar-refractivity contribution is -0.139. The Kier molecular flexibility index (Phi) is 10.3. The molecular formula is C12H17ClF3N3O6S. The second-order valence-corrected chi connectivity index (χ2v) is 6.44. The molecule has 14 heteroatoms. The Labute approximate surface area is 154 Å². The molecule has 0 saturated heterocycles. The Morgan fingerprint density at radius 2 is 1.81 bits per heavy atom. The van der Waals surface area contributed by atoms with Crippen LogP contribution in [-0.2, 0) is 19.2 Å². The molecular weight excluding hydrogens is 407 g/mol. The summed E-state index contributed by atoms with van der Waals surface area (Å²) in [4.78, 5) is 44.5. The molecule has 0 aliphatic rings. The highest BCUT2D eigenvalue weighted by Crippen LogP contribution is 2.36. The normalized spacial score (nSPS) is 14.8. The SMILES string of the molecule is N[C@@H](CCC(=O)N[C@@H](CSC(F)(F)C(F)Cl)C(=O)NCC(=O)O)C(=O)O. The molecule has 3 atom stereocenters. The van der Waals surface area contributed by atoms with Crippen LogP contribution in [0.5, 0.6) is 0 Å². The lowest BCUT2D eigenvalue weighted by Crippen LogP contribution is -2.50. The smallest absolute Gasteiger partial charge is 0.338 e. The summed E-state index contributed by atoms with van der Waals surface area (Å²) in [5.41, 5.74) is 2.16. The van der Waals surface area contributed by atoms with Crippen molar-refractivity contribution in [3.8, 4) is 0 Å². The fourth-order valence-corrected chi connectivity index (χ4v) is 2.34. The number of hydrogen-bond donors (Lipinski definition) is 5. The molecule has 0 fully saturated rings. The van der Waals surface area contributed by atoms with Crippen molar-refractivity contribution in [2.45, 2.75) is 35.8 Å². The van der Waals surface area contributed by atoms with Gasteiger partial charge in [0.25, 0.3) is 0 Å². The number of nitrogens with two attached hydrogens (primary N) is 1. The number of aliphatic carboxylic acids is 2. The number of carbonyl (C=O) groups is 4. The summed E-state index contributed by atoms with van der Waals surface area (Å²) in [6, 6.07) is -2.98. The van der Waals surface area contributed by atoms with Gasteiger partial charge in [-0.25, -0.2) is 4.39 Å². The molecule has 26 heavy (non-hydrogen) atoms. The molecule has 0 aliphatic carbocycles. The average Bonchev–Trinajstić information content (AvgIpc) is 2.53.